The molecule has 4 rings (SSSR count). The number of carboxylic acid groups (broad SMARTS) is 1. The molecule has 0 aliphatic carbocycles. The van der Waals surface area contributed by atoms with Gasteiger partial charge in [-0.3, -0.25) is 9.58 Å². The average Bonchev–Trinajstić information content (AvgIpc) is 3.38. The van der Waals surface area contributed by atoms with Crippen LogP contribution in [0, 0.1) is 5.92 Å². The molecule has 2 aliphatic heterocycles. The van der Waals surface area contributed by atoms with Crippen molar-refractivity contribution in [2.75, 3.05) is 19.7 Å². The van der Waals surface area contributed by atoms with Crippen molar-refractivity contribution in [2.24, 2.45) is 5.92 Å². The lowest BCUT2D eigenvalue weighted by atomic mass is 9.96. The maximum absolute atomic E-state index is 10.6. The number of aromatic nitrogens is 3. The fraction of sp³-hybridized carbons (Fsp3) is 0.571. The van der Waals surface area contributed by atoms with E-state index in [9.17, 15) is 18.3 Å². The number of carbonyl (C=O) groups is 1. The number of halogens is 3. The average molecular weight is 456 g/mol. The maximum Gasteiger partial charge on any atom is 0.490 e. The van der Waals surface area contributed by atoms with Gasteiger partial charge in [0.05, 0.1) is 18.9 Å². The molecule has 0 amide bonds. The Labute approximate surface area is 183 Å². The van der Waals surface area contributed by atoms with Crippen LogP contribution in [0.5, 0.6) is 5.75 Å². The summed E-state index contributed by atoms with van der Waals surface area (Å²) < 4.78 is 39.2. The Kier molecular flexibility index (Phi) is 7.73. The van der Waals surface area contributed by atoms with Gasteiger partial charge in [-0.1, -0.05) is 17.3 Å². The fourth-order valence-electron chi connectivity index (χ4n) is 3.78. The van der Waals surface area contributed by atoms with E-state index in [1.54, 1.807) is 6.92 Å². The van der Waals surface area contributed by atoms with Gasteiger partial charge in [0.15, 0.2) is 0 Å². The van der Waals surface area contributed by atoms with Gasteiger partial charge in [0, 0.05) is 19.5 Å². The molecule has 1 aromatic heterocycles. The maximum atomic E-state index is 10.6. The topological polar surface area (TPSA) is 101 Å². The molecule has 1 atom stereocenters. The van der Waals surface area contributed by atoms with Gasteiger partial charge in [-0.2, -0.15) is 13.2 Å². The zero-order chi connectivity index (χ0) is 23.3. The first-order valence-corrected chi connectivity index (χ1v) is 10.5. The van der Waals surface area contributed by atoms with Crippen LogP contribution in [0.3, 0.4) is 0 Å². The number of hydrogen-bond acceptors (Lipinski definition) is 6. The lowest BCUT2D eigenvalue weighted by Gasteiger charge is -2.31. The van der Waals surface area contributed by atoms with E-state index in [4.69, 9.17) is 14.6 Å². The van der Waals surface area contributed by atoms with Gasteiger partial charge in [-0.25, -0.2) is 4.79 Å². The molecule has 0 saturated carbocycles. The zero-order valence-electron chi connectivity index (χ0n) is 17.8. The van der Waals surface area contributed by atoms with E-state index in [1.165, 1.54) is 24.0 Å². The first-order valence-electron chi connectivity index (χ1n) is 10.5. The highest BCUT2D eigenvalue weighted by Gasteiger charge is 2.38. The van der Waals surface area contributed by atoms with Crippen molar-refractivity contribution in [3.05, 3.63) is 41.2 Å². The highest BCUT2D eigenvalue weighted by atomic mass is 19.4. The lowest BCUT2D eigenvalue weighted by Crippen LogP contribution is -2.34. The Bertz CT molecular complexity index is 909. The summed E-state index contributed by atoms with van der Waals surface area (Å²) in [6.45, 7) is 6.70. The van der Waals surface area contributed by atoms with Crippen LogP contribution in [0.25, 0.3) is 0 Å². The van der Waals surface area contributed by atoms with Crippen LogP contribution in [0.2, 0.25) is 0 Å². The number of fused-ring (bicyclic) bond motifs is 1. The Balaban J connectivity index is 0.000000360. The van der Waals surface area contributed by atoms with Crippen LogP contribution in [-0.4, -0.2) is 61.9 Å². The van der Waals surface area contributed by atoms with Crippen LogP contribution >= 0.6 is 0 Å². The Morgan fingerprint density at radius 2 is 2.00 bits per heavy atom. The summed E-state index contributed by atoms with van der Waals surface area (Å²) in [7, 11) is 0. The van der Waals surface area contributed by atoms with Crippen molar-refractivity contribution in [3.8, 4) is 5.75 Å². The monoisotopic (exact) mass is 456 g/mol. The number of piperidine rings is 1. The lowest BCUT2D eigenvalue weighted by molar-refractivity contribution is -0.192. The van der Waals surface area contributed by atoms with Gasteiger partial charge in [-0.15, -0.1) is 5.10 Å². The molecule has 11 heteroatoms. The second kappa shape index (κ2) is 10.3. The predicted octanol–water partition coefficient (Wildman–Crippen LogP) is 2.81. The van der Waals surface area contributed by atoms with Gasteiger partial charge in [0.25, 0.3) is 0 Å². The summed E-state index contributed by atoms with van der Waals surface area (Å²) >= 11 is 0. The van der Waals surface area contributed by atoms with E-state index in [2.05, 4.69) is 33.4 Å². The van der Waals surface area contributed by atoms with Crippen molar-refractivity contribution in [2.45, 2.75) is 51.6 Å². The van der Waals surface area contributed by atoms with E-state index >= 15 is 0 Å². The Morgan fingerprint density at radius 3 is 2.59 bits per heavy atom. The number of aliphatic carboxylic acids is 1. The van der Waals surface area contributed by atoms with Gasteiger partial charge >= 0.3 is 12.1 Å². The first-order chi connectivity index (χ1) is 15.1. The molecule has 0 radical (unpaired) electrons. The molecule has 32 heavy (non-hydrogen) atoms. The number of benzene rings is 1. The number of alkyl halides is 3. The molecule has 0 bridgehead atoms. The summed E-state index contributed by atoms with van der Waals surface area (Å²) in [5.41, 5.74) is 3.39. The quantitative estimate of drug-likeness (QED) is 0.714. The molecule has 2 aliphatic rings. The van der Waals surface area contributed by atoms with Gasteiger partial charge in [0.1, 0.15) is 11.4 Å². The smallest absolute Gasteiger partial charge is 0.490 e. The molecule has 0 spiro atoms. The number of ether oxygens (including phenoxy) is 1. The molecule has 176 valence electrons. The second-order valence-electron chi connectivity index (χ2n) is 8.10. The third kappa shape index (κ3) is 6.67. The SMILES string of the molecule is CC(O)c1cn(CC2CCN(Cc3ccc4c(c3)CCO4)CC2)nn1.O=C(O)C(F)(F)F. The summed E-state index contributed by atoms with van der Waals surface area (Å²) in [6, 6.07) is 6.62. The summed E-state index contributed by atoms with van der Waals surface area (Å²) in [5, 5.41) is 24.8. The van der Waals surface area contributed by atoms with Crippen molar-refractivity contribution < 1.29 is 32.9 Å². The number of hydrogen-bond donors (Lipinski definition) is 2. The van der Waals surface area contributed by atoms with Crippen LogP contribution in [0.1, 0.15) is 42.7 Å². The number of likely N-dealkylation sites (tertiary alicyclic amines) is 1. The van der Waals surface area contributed by atoms with E-state index in [0.29, 0.717) is 11.6 Å². The van der Waals surface area contributed by atoms with Crippen molar-refractivity contribution >= 4 is 5.97 Å². The van der Waals surface area contributed by atoms with E-state index < -0.39 is 18.2 Å². The molecular formula is C21H27F3N4O4. The van der Waals surface area contributed by atoms with Gasteiger partial charge in [-0.05, 0) is 56.0 Å². The predicted molar refractivity (Wildman–Crippen MR) is 108 cm³/mol. The summed E-state index contributed by atoms with van der Waals surface area (Å²) in [4.78, 5) is 11.4. The van der Waals surface area contributed by atoms with Crippen molar-refractivity contribution in [1.29, 1.82) is 0 Å². The number of nitrogens with zero attached hydrogens (tertiary/aromatic N) is 4. The largest absolute Gasteiger partial charge is 0.493 e. The molecule has 1 fully saturated rings. The second-order valence-corrected chi connectivity index (χ2v) is 8.10. The molecule has 1 aromatic carbocycles. The van der Waals surface area contributed by atoms with Gasteiger partial charge < -0.3 is 14.9 Å². The molecule has 1 unspecified atom stereocenters. The highest BCUT2D eigenvalue weighted by molar-refractivity contribution is 5.73. The molecule has 8 nitrogen and oxygen atoms in total. The van der Waals surface area contributed by atoms with E-state index in [1.807, 2.05) is 10.9 Å². The van der Waals surface area contributed by atoms with Crippen molar-refractivity contribution in [1.82, 2.24) is 19.9 Å². The highest BCUT2D eigenvalue weighted by Crippen LogP contribution is 2.27. The minimum Gasteiger partial charge on any atom is -0.493 e. The summed E-state index contributed by atoms with van der Waals surface area (Å²) in [5.74, 6) is -1.06. The van der Waals surface area contributed by atoms with Crippen LogP contribution in [-0.2, 0) is 24.3 Å². The molecule has 2 aromatic rings. The standard InChI is InChI=1S/C19H26N4O2.C2HF3O2/c1-14(24)18-13-23(21-20-18)12-15-4-7-22(8-5-15)11-16-2-3-19-17(10-16)6-9-25-19;3-2(4,5)1(6)7/h2-3,10,13-15,24H,4-9,11-12H2,1H3;(H,6,7). The number of aliphatic hydroxyl groups excluding tert-OH is 1. The molecule has 2 N–H and O–H groups in total. The summed E-state index contributed by atoms with van der Waals surface area (Å²) in [6.07, 6.45) is -0.370. The minimum atomic E-state index is -5.08. The molecule has 1 saturated heterocycles. The molecular weight excluding hydrogens is 429 g/mol. The van der Waals surface area contributed by atoms with Gasteiger partial charge in [0.2, 0.25) is 0 Å². The number of rotatable bonds is 5. The minimum absolute atomic E-state index is 0.548. The number of aliphatic hydroxyl groups is 1. The Morgan fingerprint density at radius 1 is 1.31 bits per heavy atom. The Hall–Kier alpha value is -2.66. The van der Waals surface area contributed by atoms with E-state index in [-0.39, 0.29) is 0 Å². The first kappa shape index (κ1) is 24.0. The van der Waals surface area contributed by atoms with Crippen LogP contribution in [0.4, 0.5) is 13.2 Å². The van der Waals surface area contributed by atoms with Crippen molar-refractivity contribution in [3.63, 3.8) is 0 Å². The third-order valence-corrected chi connectivity index (χ3v) is 5.54. The van der Waals surface area contributed by atoms with Crippen LogP contribution in [0.15, 0.2) is 24.4 Å². The zero-order valence-corrected chi connectivity index (χ0v) is 17.8. The van der Waals surface area contributed by atoms with E-state index in [0.717, 1.165) is 45.0 Å². The molecule has 3 heterocycles. The van der Waals surface area contributed by atoms with Crippen LogP contribution < -0.4 is 4.74 Å². The normalized spacial score (nSPS) is 17.8. The fourth-order valence-corrected chi connectivity index (χ4v) is 3.78. The third-order valence-electron chi connectivity index (χ3n) is 5.54. The number of carboxylic acids is 1.